The molecule has 7 nitrogen and oxygen atoms in total. The van der Waals surface area contributed by atoms with Crippen molar-refractivity contribution < 1.29 is 29.6 Å². The Morgan fingerprint density at radius 3 is 2.42 bits per heavy atom. The van der Waals surface area contributed by atoms with Gasteiger partial charge in [-0.15, -0.1) is 0 Å². The van der Waals surface area contributed by atoms with Gasteiger partial charge in [-0.3, -0.25) is 4.79 Å². The zero-order valence-corrected chi connectivity index (χ0v) is 10.2. The molecule has 104 valence electrons. The van der Waals surface area contributed by atoms with Crippen molar-refractivity contribution in [2.24, 2.45) is 5.73 Å². The van der Waals surface area contributed by atoms with E-state index < -0.39 is 30.5 Å². The van der Waals surface area contributed by atoms with Gasteiger partial charge in [0.15, 0.2) is 0 Å². The van der Waals surface area contributed by atoms with Crippen LogP contribution in [-0.2, 0) is 4.79 Å². The number of nitrogens with two attached hydrogens (primary N) is 1. The summed E-state index contributed by atoms with van der Waals surface area (Å²) < 4.78 is 4.91. The van der Waals surface area contributed by atoms with E-state index in [0.29, 0.717) is 0 Å². The number of aliphatic hydroxyl groups is 2. The molecule has 0 aliphatic carbocycles. The second kappa shape index (κ2) is 6.17. The number of methoxy groups -OCH3 is 1. The SMILES string of the molecule is COc1cc(C(=O)O)cc(C(O)C(O)CC(N)=O)c1. The van der Waals surface area contributed by atoms with Gasteiger partial charge in [-0.2, -0.15) is 0 Å². The summed E-state index contributed by atoms with van der Waals surface area (Å²) in [6.07, 6.45) is -3.27. The van der Waals surface area contributed by atoms with Gasteiger partial charge in [0.1, 0.15) is 11.9 Å². The van der Waals surface area contributed by atoms with Crippen LogP contribution in [0.3, 0.4) is 0 Å². The number of benzene rings is 1. The minimum Gasteiger partial charge on any atom is -0.497 e. The number of hydrogen-bond donors (Lipinski definition) is 4. The topological polar surface area (TPSA) is 130 Å². The van der Waals surface area contributed by atoms with Crippen molar-refractivity contribution in [3.05, 3.63) is 29.3 Å². The lowest BCUT2D eigenvalue weighted by Crippen LogP contribution is -2.25. The van der Waals surface area contributed by atoms with Crippen LogP contribution < -0.4 is 10.5 Å². The molecule has 0 spiro atoms. The summed E-state index contributed by atoms with van der Waals surface area (Å²) in [5.41, 5.74) is 4.95. The van der Waals surface area contributed by atoms with E-state index in [-0.39, 0.29) is 16.9 Å². The maximum absolute atomic E-state index is 10.9. The second-order valence-corrected chi connectivity index (χ2v) is 3.98. The average Bonchev–Trinajstić information content (AvgIpc) is 2.36. The van der Waals surface area contributed by atoms with Crippen LogP contribution in [0.15, 0.2) is 18.2 Å². The second-order valence-electron chi connectivity index (χ2n) is 3.98. The first-order valence-electron chi connectivity index (χ1n) is 5.42. The molecule has 1 aromatic rings. The quantitative estimate of drug-likeness (QED) is 0.559. The number of ether oxygens (including phenoxy) is 1. The predicted octanol–water partition coefficient (Wildman–Crippen LogP) is -0.337. The first kappa shape index (κ1) is 14.9. The van der Waals surface area contributed by atoms with E-state index in [1.54, 1.807) is 0 Å². The van der Waals surface area contributed by atoms with Crippen molar-refractivity contribution in [3.8, 4) is 5.75 Å². The largest absolute Gasteiger partial charge is 0.497 e. The molecular weight excluding hydrogens is 254 g/mol. The molecule has 0 heterocycles. The molecule has 2 unspecified atom stereocenters. The average molecular weight is 269 g/mol. The van der Waals surface area contributed by atoms with Crippen LogP contribution in [0.1, 0.15) is 28.4 Å². The van der Waals surface area contributed by atoms with Crippen molar-refractivity contribution in [2.45, 2.75) is 18.6 Å². The number of aromatic carboxylic acids is 1. The highest BCUT2D eigenvalue weighted by molar-refractivity contribution is 5.88. The van der Waals surface area contributed by atoms with E-state index >= 15 is 0 Å². The van der Waals surface area contributed by atoms with Gasteiger partial charge in [0.2, 0.25) is 5.91 Å². The molecule has 0 aliphatic heterocycles. The van der Waals surface area contributed by atoms with Crippen molar-refractivity contribution >= 4 is 11.9 Å². The molecule has 0 saturated carbocycles. The van der Waals surface area contributed by atoms with Crippen molar-refractivity contribution in [2.75, 3.05) is 7.11 Å². The molecule has 2 atom stereocenters. The molecule has 0 fully saturated rings. The molecule has 5 N–H and O–H groups in total. The Bertz CT molecular complexity index is 487. The predicted molar refractivity (Wildman–Crippen MR) is 64.7 cm³/mol. The van der Waals surface area contributed by atoms with E-state index in [0.717, 1.165) is 0 Å². The van der Waals surface area contributed by atoms with Crippen LogP contribution in [-0.4, -0.2) is 40.4 Å². The number of carbonyl (C=O) groups is 2. The molecule has 1 aromatic carbocycles. The number of primary amides is 1. The first-order chi connectivity index (χ1) is 8.85. The first-order valence-corrected chi connectivity index (χ1v) is 5.42. The van der Waals surface area contributed by atoms with Gasteiger partial charge in [0, 0.05) is 0 Å². The molecule has 1 amide bonds. The number of carboxylic acid groups (broad SMARTS) is 1. The third kappa shape index (κ3) is 3.94. The molecule has 7 heteroatoms. The number of hydrogen-bond acceptors (Lipinski definition) is 5. The smallest absolute Gasteiger partial charge is 0.335 e. The monoisotopic (exact) mass is 269 g/mol. The number of carboxylic acids is 1. The Balaban J connectivity index is 3.07. The Kier molecular flexibility index (Phi) is 4.85. The van der Waals surface area contributed by atoms with E-state index in [2.05, 4.69) is 0 Å². The highest BCUT2D eigenvalue weighted by atomic mass is 16.5. The normalized spacial score (nSPS) is 13.6. The molecular formula is C12H15NO6. The van der Waals surface area contributed by atoms with Gasteiger partial charge >= 0.3 is 5.97 Å². The highest BCUT2D eigenvalue weighted by Gasteiger charge is 2.22. The third-order valence-electron chi connectivity index (χ3n) is 2.53. The number of rotatable bonds is 6. The van der Waals surface area contributed by atoms with Crippen LogP contribution >= 0.6 is 0 Å². The Morgan fingerprint density at radius 1 is 1.32 bits per heavy atom. The fourth-order valence-electron chi connectivity index (χ4n) is 1.57. The van der Waals surface area contributed by atoms with E-state index in [4.69, 9.17) is 15.6 Å². The summed E-state index contributed by atoms with van der Waals surface area (Å²) in [4.78, 5) is 21.6. The van der Waals surface area contributed by atoms with Crippen molar-refractivity contribution in [3.63, 3.8) is 0 Å². The lowest BCUT2D eigenvalue weighted by molar-refractivity contribution is -0.121. The van der Waals surface area contributed by atoms with Crippen molar-refractivity contribution in [1.82, 2.24) is 0 Å². The van der Waals surface area contributed by atoms with Crippen LogP contribution in [0, 0.1) is 0 Å². The maximum atomic E-state index is 10.9. The molecule has 0 radical (unpaired) electrons. The summed E-state index contributed by atoms with van der Waals surface area (Å²) in [6.45, 7) is 0. The molecule has 0 bridgehead atoms. The fourth-order valence-corrected chi connectivity index (χ4v) is 1.57. The zero-order valence-electron chi connectivity index (χ0n) is 10.2. The van der Waals surface area contributed by atoms with Crippen LogP contribution in [0.5, 0.6) is 5.75 Å². The van der Waals surface area contributed by atoms with Gasteiger partial charge < -0.3 is 25.8 Å². The van der Waals surface area contributed by atoms with Gasteiger partial charge in [-0.1, -0.05) is 0 Å². The summed E-state index contributed by atoms with van der Waals surface area (Å²) >= 11 is 0. The van der Waals surface area contributed by atoms with Crippen LogP contribution in [0.2, 0.25) is 0 Å². The lowest BCUT2D eigenvalue weighted by atomic mass is 9.99. The van der Waals surface area contributed by atoms with Gasteiger partial charge in [-0.05, 0) is 23.8 Å². The summed E-state index contributed by atoms with van der Waals surface area (Å²) in [5.74, 6) is -1.75. The van der Waals surface area contributed by atoms with Crippen LogP contribution in [0.25, 0.3) is 0 Å². The van der Waals surface area contributed by atoms with Crippen molar-refractivity contribution in [1.29, 1.82) is 0 Å². The highest BCUT2D eigenvalue weighted by Crippen LogP contribution is 2.25. The molecule has 19 heavy (non-hydrogen) atoms. The summed E-state index contributed by atoms with van der Waals surface area (Å²) in [6, 6.07) is 3.85. The molecule has 1 rings (SSSR count). The standard InChI is InChI=1S/C12H15NO6/c1-19-8-3-6(2-7(4-8)12(17)18)11(16)9(14)5-10(13)15/h2-4,9,11,14,16H,5H2,1H3,(H2,13,15)(H,17,18). The summed E-state index contributed by atoms with van der Waals surface area (Å²) in [7, 11) is 1.34. The number of amides is 1. The minimum atomic E-state index is -1.43. The Hall–Kier alpha value is -2.12. The molecule has 0 saturated heterocycles. The lowest BCUT2D eigenvalue weighted by Gasteiger charge is -2.18. The van der Waals surface area contributed by atoms with Crippen LogP contribution in [0.4, 0.5) is 0 Å². The van der Waals surface area contributed by atoms with E-state index in [9.17, 15) is 19.8 Å². The number of aliphatic hydroxyl groups excluding tert-OH is 2. The molecule has 0 aromatic heterocycles. The Morgan fingerprint density at radius 2 is 1.95 bits per heavy atom. The zero-order chi connectivity index (χ0) is 14.6. The fraction of sp³-hybridized carbons (Fsp3) is 0.333. The minimum absolute atomic E-state index is 0.0975. The van der Waals surface area contributed by atoms with Gasteiger partial charge in [0.05, 0.1) is 25.2 Å². The van der Waals surface area contributed by atoms with E-state index in [1.165, 1.54) is 25.3 Å². The Labute approximate surface area is 109 Å². The number of carbonyl (C=O) groups excluding carboxylic acids is 1. The van der Waals surface area contributed by atoms with E-state index in [1.807, 2.05) is 0 Å². The van der Waals surface area contributed by atoms with Gasteiger partial charge in [0.25, 0.3) is 0 Å². The molecule has 0 aliphatic rings. The maximum Gasteiger partial charge on any atom is 0.335 e. The third-order valence-corrected chi connectivity index (χ3v) is 2.53. The van der Waals surface area contributed by atoms with Gasteiger partial charge in [-0.25, -0.2) is 4.79 Å². The summed E-state index contributed by atoms with van der Waals surface area (Å²) in [5, 5.41) is 28.4.